The van der Waals surface area contributed by atoms with Gasteiger partial charge in [-0.2, -0.15) is 0 Å². The van der Waals surface area contributed by atoms with Crippen molar-refractivity contribution in [3.63, 3.8) is 0 Å². The summed E-state index contributed by atoms with van der Waals surface area (Å²) >= 11 is 1.22. The fourth-order valence-electron chi connectivity index (χ4n) is 2.56. The van der Waals surface area contributed by atoms with Crippen molar-refractivity contribution in [3.8, 4) is 0 Å². The summed E-state index contributed by atoms with van der Waals surface area (Å²) < 4.78 is 28.3. The quantitative estimate of drug-likeness (QED) is 0.559. The first-order valence-corrected chi connectivity index (χ1v) is 11.1. The number of hydrogen-bond acceptors (Lipinski definition) is 5. The SMILES string of the molecule is Cc1cc(NC(=O)NCC(C)C)cc2sc(NS(=O)(=O)c3ccccc3)nc12. The number of aryl methyl sites for hydroxylation is 1. The molecule has 28 heavy (non-hydrogen) atoms. The Bertz CT molecular complexity index is 1090. The van der Waals surface area contributed by atoms with Gasteiger partial charge in [-0.05, 0) is 42.7 Å². The van der Waals surface area contributed by atoms with E-state index in [-0.39, 0.29) is 16.1 Å². The second-order valence-corrected chi connectivity index (χ2v) is 9.52. The van der Waals surface area contributed by atoms with Crippen LogP contribution in [0.4, 0.5) is 15.6 Å². The number of carbonyl (C=O) groups is 1. The molecule has 0 atom stereocenters. The largest absolute Gasteiger partial charge is 0.338 e. The molecule has 0 aliphatic heterocycles. The lowest BCUT2D eigenvalue weighted by atomic mass is 10.2. The maximum absolute atomic E-state index is 12.5. The number of amides is 2. The average molecular weight is 419 g/mol. The van der Waals surface area contributed by atoms with Crippen LogP contribution in [0.5, 0.6) is 0 Å². The van der Waals surface area contributed by atoms with Gasteiger partial charge in [0, 0.05) is 12.2 Å². The Kier molecular flexibility index (Phi) is 5.85. The van der Waals surface area contributed by atoms with Crippen LogP contribution in [0.25, 0.3) is 10.2 Å². The van der Waals surface area contributed by atoms with E-state index in [0.29, 0.717) is 23.7 Å². The Hall–Kier alpha value is -2.65. The zero-order valence-corrected chi connectivity index (χ0v) is 17.4. The molecule has 7 nitrogen and oxygen atoms in total. The maximum Gasteiger partial charge on any atom is 0.319 e. The van der Waals surface area contributed by atoms with E-state index in [1.807, 2.05) is 26.8 Å². The van der Waals surface area contributed by atoms with Crippen molar-refractivity contribution >= 4 is 48.4 Å². The Morgan fingerprint density at radius 2 is 1.89 bits per heavy atom. The number of anilines is 2. The lowest BCUT2D eigenvalue weighted by Gasteiger charge is -2.10. The Morgan fingerprint density at radius 3 is 2.57 bits per heavy atom. The fraction of sp³-hybridized carbons (Fsp3) is 0.263. The zero-order chi connectivity index (χ0) is 20.3. The van der Waals surface area contributed by atoms with E-state index in [1.54, 1.807) is 24.3 Å². The highest BCUT2D eigenvalue weighted by Gasteiger charge is 2.17. The molecule has 148 valence electrons. The van der Waals surface area contributed by atoms with Crippen LogP contribution < -0.4 is 15.4 Å². The maximum atomic E-state index is 12.5. The van der Waals surface area contributed by atoms with E-state index in [1.165, 1.54) is 23.5 Å². The van der Waals surface area contributed by atoms with Gasteiger partial charge in [0.15, 0.2) is 5.13 Å². The van der Waals surface area contributed by atoms with Crippen molar-refractivity contribution < 1.29 is 13.2 Å². The number of hydrogen-bond donors (Lipinski definition) is 3. The second kappa shape index (κ2) is 8.15. The van der Waals surface area contributed by atoms with E-state index in [2.05, 4.69) is 20.3 Å². The summed E-state index contributed by atoms with van der Waals surface area (Å²) in [7, 11) is -3.70. The molecule has 1 aromatic heterocycles. The minimum atomic E-state index is -3.70. The predicted octanol–water partition coefficient (Wildman–Crippen LogP) is 4.18. The van der Waals surface area contributed by atoms with Gasteiger partial charge in [-0.1, -0.05) is 43.4 Å². The van der Waals surface area contributed by atoms with Crippen LogP contribution in [0.1, 0.15) is 19.4 Å². The van der Waals surface area contributed by atoms with Gasteiger partial charge in [-0.25, -0.2) is 18.2 Å². The first kappa shape index (κ1) is 20.1. The smallest absolute Gasteiger partial charge is 0.319 e. The highest BCUT2D eigenvalue weighted by Crippen LogP contribution is 2.32. The number of rotatable bonds is 6. The first-order chi connectivity index (χ1) is 13.2. The summed E-state index contributed by atoms with van der Waals surface area (Å²) in [4.78, 5) is 16.6. The molecular formula is C19H22N4O3S2. The molecular weight excluding hydrogens is 396 g/mol. The molecule has 1 heterocycles. The van der Waals surface area contributed by atoms with E-state index >= 15 is 0 Å². The highest BCUT2D eigenvalue weighted by atomic mass is 32.2. The lowest BCUT2D eigenvalue weighted by Crippen LogP contribution is -2.31. The summed E-state index contributed by atoms with van der Waals surface area (Å²) in [6.45, 7) is 6.49. The van der Waals surface area contributed by atoms with Crippen molar-refractivity contribution in [3.05, 3.63) is 48.0 Å². The van der Waals surface area contributed by atoms with Crippen LogP contribution in [-0.4, -0.2) is 26.0 Å². The molecule has 0 aliphatic rings. The summed E-state index contributed by atoms with van der Waals surface area (Å²) in [6, 6.07) is 11.5. The molecule has 0 saturated carbocycles. The second-order valence-electron chi connectivity index (χ2n) is 6.81. The normalized spacial score (nSPS) is 11.6. The molecule has 0 aliphatic carbocycles. The minimum absolute atomic E-state index is 0.176. The number of thiazole rings is 1. The summed E-state index contributed by atoms with van der Waals surface area (Å²) in [5.74, 6) is 0.358. The molecule has 2 aromatic carbocycles. The first-order valence-electron chi connectivity index (χ1n) is 8.78. The molecule has 0 bridgehead atoms. The van der Waals surface area contributed by atoms with Gasteiger partial charge in [0.05, 0.1) is 15.1 Å². The average Bonchev–Trinajstić information content (AvgIpc) is 3.03. The van der Waals surface area contributed by atoms with Gasteiger partial charge in [0.2, 0.25) is 0 Å². The van der Waals surface area contributed by atoms with Crippen LogP contribution >= 0.6 is 11.3 Å². The Balaban J connectivity index is 1.82. The van der Waals surface area contributed by atoms with Crippen molar-refractivity contribution in [2.45, 2.75) is 25.7 Å². The third-order valence-electron chi connectivity index (χ3n) is 3.89. The van der Waals surface area contributed by atoms with Crippen molar-refractivity contribution in [1.82, 2.24) is 10.3 Å². The van der Waals surface area contributed by atoms with Crippen LogP contribution in [0, 0.1) is 12.8 Å². The van der Waals surface area contributed by atoms with E-state index in [4.69, 9.17) is 0 Å². The molecule has 0 spiro atoms. The standard InChI is InChI=1S/C19H22N4O3S2/c1-12(2)11-20-18(24)21-14-9-13(3)17-16(10-14)27-19(22-17)23-28(25,26)15-7-5-4-6-8-15/h4-10,12H,11H2,1-3H3,(H,22,23)(H2,20,21,24). The van der Waals surface area contributed by atoms with E-state index < -0.39 is 10.0 Å². The summed E-state index contributed by atoms with van der Waals surface area (Å²) in [5.41, 5.74) is 2.18. The van der Waals surface area contributed by atoms with E-state index in [0.717, 1.165) is 10.3 Å². The molecule has 0 fully saturated rings. The lowest BCUT2D eigenvalue weighted by molar-refractivity contribution is 0.251. The number of sulfonamides is 1. The van der Waals surface area contributed by atoms with E-state index in [9.17, 15) is 13.2 Å². The Morgan fingerprint density at radius 1 is 1.18 bits per heavy atom. The van der Waals surface area contributed by atoms with Gasteiger partial charge < -0.3 is 10.6 Å². The molecule has 0 radical (unpaired) electrons. The van der Waals surface area contributed by atoms with Gasteiger partial charge in [0.25, 0.3) is 10.0 Å². The van der Waals surface area contributed by atoms with Gasteiger partial charge in [-0.3, -0.25) is 4.72 Å². The molecule has 3 rings (SSSR count). The predicted molar refractivity (Wildman–Crippen MR) is 113 cm³/mol. The van der Waals surface area contributed by atoms with Crippen molar-refractivity contribution in [2.24, 2.45) is 5.92 Å². The number of nitrogens with zero attached hydrogens (tertiary/aromatic N) is 1. The molecule has 0 saturated heterocycles. The van der Waals surface area contributed by atoms with Gasteiger partial charge in [0.1, 0.15) is 0 Å². The minimum Gasteiger partial charge on any atom is -0.338 e. The number of aromatic nitrogens is 1. The van der Waals surface area contributed by atoms with Crippen LogP contribution in [-0.2, 0) is 10.0 Å². The molecule has 9 heteroatoms. The third-order valence-corrected chi connectivity index (χ3v) is 6.29. The molecule has 0 unspecified atom stereocenters. The monoisotopic (exact) mass is 418 g/mol. The number of benzene rings is 2. The van der Waals surface area contributed by atoms with Crippen molar-refractivity contribution in [1.29, 1.82) is 0 Å². The zero-order valence-electron chi connectivity index (χ0n) is 15.8. The summed E-state index contributed by atoms with van der Waals surface area (Å²) in [5, 5.41) is 5.88. The Labute approximate surface area is 168 Å². The highest BCUT2D eigenvalue weighted by molar-refractivity contribution is 7.93. The molecule has 2 amide bonds. The van der Waals surface area contributed by atoms with Crippen LogP contribution in [0.3, 0.4) is 0 Å². The molecule has 3 aromatic rings. The third kappa shape index (κ3) is 4.79. The van der Waals surface area contributed by atoms with Gasteiger partial charge >= 0.3 is 6.03 Å². The number of urea groups is 1. The van der Waals surface area contributed by atoms with Crippen LogP contribution in [0.15, 0.2) is 47.4 Å². The topological polar surface area (TPSA) is 100 Å². The van der Waals surface area contributed by atoms with Crippen LogP contribution in [0.2, 0.25) is 0 Å². The number of carbonyl (C=O) groups excluding carboxylic acids is 1. The fourth-order valence-corrected chi connectivity index (χ4v) is 4.80. The number of nitrogens with one attached hydrogen (secondary N) is 3. The molecule has 3 N–H and O–H groups in total. The van der Waals surface area contributed by atoms with Crippen molar-refractivity contribution in [2.75, 3.05) is 16.6 Å². The number of fused-ring (bicyclic) bond motifs is 1. The summed E-state index contributed by atoms with van der Waals surface area (Å²) in [6.07, 6.45) is 0. The van der Waals surface area contributed by atoms with Gasteiger partial charge in [-0.15, -0.1) is 0 Å².